The van der Waals surface area contributed by atoms with Gasteiger partial charge in [0.05, 0.1) is 0 Å². The zero-order valence-corrected chi connectivity index (χ0v) is 32.9. The zero-order valence-electron chi connectivity index (χ0n) is 31.1. The van der Waals surface area contributed by atoms with Crippen molar-refractivity contribution in [2.75, 3.05) is 0 Å². The van der Waals surface area contributed by atoms with E-state index in [1.165, 1.54) is 0 Å². The van der Waals surface area contributed by atoms with Crippen LogP contribution in [0.1, 0.15) is 0 Å². The Balaban J connectivity index is 1.03. The van der Waals surface area contributed by atoms with E-state index >= 15 is 0 Å². The van der Waals surface area contributed by atoms with Crippen LogP contribution in [0.2, 0.25) is 0 Å². The van der Waals surface area contributed by atoms with E-state index in [2.05, 4.69) is 80.6 Å². The fourth-order valence-electron chi connectivity index (χ4n) is 7.97. The minimum atomic E-state index is -3.29. The predicted octanol–water partition coefficient (Wildman–Crippen LogP) is 9.34. The van der Waals surface area contributed by atoms with Crippen molar-refractivity contribution in [3.8, 4) is 22.3 Å². The van der Waals surface area contributed by atoms with Crippen molar-refractivity contribution in [2.24, 2.45) is 0 Å². The van der Waals surface area contributed by atoms with Gasteiger partial charge in [-0.3, -0.25) is 19.9 Å². The first-order chi connectivity index (χ1) is 28.5. The summed E-state index contributed by atoms with van der Waals surface area (Å²) in [5.41, 5.74) is 6.24. The first-order valence-corrected chi connectivity index (χ1v) is 22.4. The molecule has 4 heterocycles. The van der Waals surface area contributed by atoms with Crippen LogP contribution in [-0.4, -0.2) is 19.9 Å². The van der Waals surface area contributed by atoms with Crippen LogP contribution in [0.15, 0.2) is 207 Å². The van der Waals surface area contributed by atoms with E-state index in [0.717, 1.165) is 54.6 Å². The highest BCUT2D eigenvalue weighted by molar-refractivity contribution is 7.85. The van der Waals surface area contributed by atoms with E-state index in [9.17, 15) is 9.13 Å². The number of fused-ring (bicyclic) bond motifs is 6. The Morgan fingerprint density at radius 1 is 0.276 bits per heavy atom. The van der Waals surface area contributed by atoms with Crippen molar-refractivity contribution < 1.29 is 9.13 Å². The molecule has 0 aliphatic rings. The van der Waals surface area contributed by atoms with Crippen molar-refractivity contribution >= 4 is 79.0 Å². The molecular weight excluding hydrogens is 751 g/mol. The van der Waals surface area contributed by atoms with Gasteiger partial charge < -0.3 is 9.13 Å². The van der Waals surface area contributed by atoms with Crippen molar-refractivity contribution in [1.82, 2.24) is 19.9 Å². The molecule has 0 atom stereocenters. The molecule has 0 spiro atoms. The molecule has 0 fully saturated rings. The topological polar surface area (TPSA) is 85.7 Å². The van der Waals surface area contributed by atoms with Gasteiger partial charge in [-0.05, 0) is 115 Å². The van der Waals surface area contributed by atoms with E-state index in [4.69, 9.17) is 0 Å². The lowest BCUT2D eigenvalue weighted by molar-refractivity contribution is 0.590. The van der Waals surface area contributed by atoms with Gasteiger partial charge >= 0.3 is 0 Å². The summed E-state index contributed by atoms with van der Waals surface area (Å²) >= 11 is 0. The standard InChI is InChI=1S/C50H34N4O2P2/c55-57(47-13-3-7-29-51-47,48-14-4-8-30-52-48)39-23-17-35(18-24-39)37-21-27-43-44-28-22-38(34-46(44)42-12-2-1-11-41(42)45(43)33-37)36-19-25-40(26-20-36)58(56,49-15-5-9-31-53-49)50-16-6-10-32-54-50/h1-34H. The molecule has 0 amide bonds. The normalized spacial score (nSPS) is 11.9. The van der Waals surface area contributed by atoms with Crippen LogP contribution in [0.4, 0.5) is 0 Å². The molecule has 0 N–H and O–H groups in total. The van der Waals surface area contributed by atoms with E-state index in [0.29, 0.717) is 32.3 Å². The van der Waals surface area contributed by atoms with Crippen molar-refractivity contribution in [3.63, 3.8) is 0 Å². The Morgan fingerprint density at radius 3 is 0.879 bits per heavy atom. The van der Waals surface area contributed by atoms with Crippen LogP contribution < -0.4 is 32.3 Å². The molecule has 0 saturated carbocycles. The second kappa shape index (κ2) is 14.6. The highest BCUT2D eigenvalue weighted by atomic mass is 31.2. The molecule has 0 radical (unpaired) electrons. The summed E-state index contributed by atoms with van der Waals surface area (Å²) in [4.78, 5) is 18.0. The molecule has 8 heteroatoms. The van der Waals surface area contributed by atoms with Gasteiger partial charge in [0.2, 0.25) is 14.3 Å². The van der Waals surface area contributed by atoms with E-state index in [1.807, 2.05) is 121 Å². The fourth-order valence-corrected chi connectivity index (χ4v) is 12.7. The number of nitrogens with zero attached hydrogens (tertiary/aromatic N) is 4. The summed E-state index contributed by atoms with van der Waals surface area (Å²) in [6.45, 7) is 0. The zero-order chi connectivity index (χ0) is 39.1. The van der Waals surface area contributed by atoms with Gasteiger partial charge in [-0.15, -0.1) is 0 Å². The second-order valence-electron chi connectivity index (χ2n) is 14.1. The molecular formula is C50H34N4O2P2. The SMILES string of the molecule is O=P(c1ccc(-c2ccc3c4ccc(-c5ccc(P(=O)(c6ccccn6)c6ccccn6)cc5)cc4c4ccccc4c3c2)cc1)(c1ccccn1)c1ccccn1. The molecule has 6 aromatic carbocycles. The molecule has 10 aromatic rings. The third-order valence-electron chi connectivity index (χ3n) is 10.9. The summed E-state index contributed by atoms with van der Waals surface area (Å²) < 4.78 is 29.7. The molecule has 0 aliphatic heterocycles. The highest BCUT2D eigenvalue weighted by Gasteiger charge is 2.33. The van der Waals surface area contributed by atoms with Gasteiger partial charge in [0.1, 0.15) is 21.7 Å². The van der Waals surface area contributed by atoms with Crippen molar-refractivity contribution in [1.29, 1.82) is 0 Å². The Hall–Kier alpha value is -6.84. The maximum Gasteiger partial charge on any atom is 0.205 e. The summed E-state index contributed by atoms with van der Waals surface area (Å²) in [5.74, 6) is 0. The molecule has 4 aromatic heterocycles. The number of benzene rings is 6. The molecule has 58 heavy (non-hydrogen) atoms. The van der Waals surface area contributed by atoms with E-state index < -0.39 is 14.3 Å². The van der Waals surface area contributed by atoms with Gasteiger partial charge in [-0.1, -0.05) is 121 Å². The Bertz CT molecular complexity index is 2880. The third kappa shape index (κ3) is 5.97. The number of pyridine rings is 4. The Kier molecular flexibility index (Phi) is 8.94. The Labute approximate surface area is 335 Å². The lowest BCUT2D eigenvalue weighted by Gasteiger charge is -2.18. The second-order valence-corrected chi connectivity index (χ2v) is 19.4. The minimum absolute atomic E-state index is 0.512. The van der Waals surface area contributed by atoms with Crippen molar-refractivity contribution in [2.45, 2.75) is 0 Å². The molecule has 6 nitrogen and oxygen atoms in total. The van der Waals surface area contributed by atoms with E-state index in [-0.39, 0.29) is 0 Å². The number of aromatic nitrogens is 4. The molecule has 0 saturated heterocycles. The average Bonchev–Trinajstić information content (AvgIpc) is 3.32. The third-order valence-corrected chi connectivity index (χ3v) is 16.5. The van der Waals surface area contributed by atoms with Crippen LogP contribution in [0, 0.1) is 0 Å². The van der Waals surface area contributed by atoms with Gasteiger partial charge in [0, 0.05) is 35.4 Å². The average molecular weight is 785 g/mol. The fraction of sp³-hybridized carbons (Fsp3) is 0. The highest BCUT2D eigenvalue weighted by Crippen LogP contribution is 2.43. The number of hydrogen-bond acceptors (Lipinski definition) is 6. The number of hydrogen-bond donors (Lipinski definition) is 0. The molecule has 0 bridgehead atoms. The van der Waals surface area contributed by atoms with Crippen LogP contribution >= 0.6 is 14.3 Å². The summed E-state index contributed by atoms with van der Waals surface area (Å²) in [5, 5.41) is 8.35. The Morgan fingerprint density at radius 2 is 0.569 bits per heavy atom. The lowest BCUT2D eigenvalue weighted by Crippen LogP contribution is -2.28. The monoisotopic (exact) mass is 784 g/mol. The largest absolute Gasteiger partial charge is 0.305 e. The van der Waals surface area contributed by atoms with Gasteiger partial charge in [-0.25, -0.2) is 0 Å². The maximum atomic E-state index is 14.8. The van der Waals surface area contributed by atoms with Crippen LogP contribution in [0.5, 0.6) is 0 Å². The maximum absolute atomic E-state index is 14.8. The van der Waals surface area contributed by atoms with E-state index in [1.54, 1.807) is 24.8 Å². The first-order valence-electron chi connectivity index (χ1n) is 19.0. The molecule has 0 aliphatic carbocycles. The minimum Gasteiger partial charge on any atom is -0.305 e. The van der Waals surface area contributed by atoms with Gasteiger partial charge in [0.15, 0.2) is 0 Å². The smallest absolute Gasteiger partial charge is 0.205 e. The van der Waals surface area contributed by atoms with Gasteiger partial charge in [-0.2, -0.15) is 0 Å². The molecule has 276 valence electrons. The predicted molar refractivity (Wildman–Crippen MR) is 240 cm³/mol. The summed E-state index contributed by atoms with van der Waals surface area (Å²) in [6.07, 6.45) is 6.70. The first kappa shape index (κ1) is 35.6. The molecule has 10 rings (SSSR count). The molecule has 0 unspecified atom stereocenters. The van der Waals surface area contributed by atoms with Crippen LogP contribution in [-0.2, 0) is 9.13 Å². The lowest BCUT2D eigenvalue weighted by atomic mass is 9.90. The van der Waals surface area contributed by atoms with Gasteiger partial charge in [0.25, 0.3) is 0 Å². The number of rotatable bonds is 8. The summed E-state index contributed by atoms with van der Waals surface area (Å²) in [6, 6.07) is 59.8. The van der Waals surface area contributed by atoms with Crippen LogP contribution in [0.25, 0.3) is 54.6 Å². The van der Waals surface area contributed by atoms with Crippen molar-refractivity contribution in [3.05, 3.63) is 207 Å². The summed E-state index contributed by atoms with van der Waals surface area (Å²) in [7, 11) is -6.58. The quantitative estimate of drug-likeness (QED) is 0.113. The van der Waals surface area contributed by atoms with Crippen LogP contribution in [0.3, 0.4) is 0 Å².